The first kappa shape index (κ1) is 26.8. The van der Waals surface area contributed by atoms with Crippen molar-refractivity contribution in [1.82, 2.24) is 4.57 Å². The molecule has 0 spiro atoms. The number of pyridine rings is 1. The average Bonchev–Trinajstić information content (AvgIpc) is 2.85. The molecule has 3 aromatic carbocycles. The highest BCUT2D eigenvalue weighted by Crippen LogP contribution is 2.40. The van der Waals surface area contributed by atoms with Crippen LogP contribution in [0.2, 0.25) is 0 Å². The number of sulfonamides is 1. The van der Waals surface area contributed by atoms with Gasteiger partial charge in [0.2, 0.25) is 10.0 Å². The Balaban J connectivity index is 1.80. The van der Waals surface area contributed by atoms with Gasteiger partial charge in [0.15, 0.2) is 11.6 Å². The molecule has 0 fully saturated rings. The molecule has 198 valence electrons. The summed E-state index contributed by atoms with van der Waals surface area (Å²) in [5, 5.41) is 0. The van der Waals surface area contributed by atoms with E-state index in [1.807, 2.05) is 0 Å². The van der Waals surface area contributed by atoms with Crippen LogP contribution in [0.3, 0.4) is 0 Å². The first-order valence-corrected chi connectivity index (χ1v) is 13.1. The zero-order valence-corrected chi connectivity index (χ0v) is 21.2. The van der Waals surface area contributed by atoms with Crippen molar-refractivity contribution in [3.05, 3.63) is 106 Å². The summed E-state index contributed by atoms with van der Waals surface area (Å²) in [5.74, 6) is -3.02. The minimum Gasteiger partial charge on any atom is -0.493 e. The molecule has 1 aromatic heterocycles. The first-order valence-electron chi connectivity index (χ1n) is 11.4. The molecule has 0 radical (unpaired) electrons. The highest BCUT2D eigenvalue weighted by atomic mass is 32.2. The van der Waals surface area contributed by atoms with Crippen molar-refractivity contribution < 1.29 is 31.1 Å². The second-order valence-corrected chi connectivity index (χ2v) is 10.00. The fraction of sp³-hybridized carbons (Fsp3) is 0.148. The Hall–Kier alpha value is -4.25. The van der Waals surface area contributed by atoms with Crippen LogP contribution in [0.1, 0.15) is 12.5 Å². The third kappa shape index (κ3) is 6.17. The van der Waals surface area contributed by atoms with E-state index in [4.69, 9.17) is 9.47 Å². The SMILES string of the molecule is CCOc1cc(=O)n(C)cc1-c1cc(NS(=O)(=O)Cc2ccccc2F)ccc1Oc1ccc(F)cc1F. The molecule has 0 aliphatic rings. The summed E-state index contributed by atoms with van der Waals surface area (Å²) >= 11 is 0. The van der Waals surface area contributed by atoms with E-state index in [-0.39, 0.29) is 46.2 Å². The van der Waals surface area contributed by atoms with Crippen molar-refractivity contribution >= 4 is 15.7 Å². The fourth-order valence-corrected chi connectivity index (χ4v) is 4.90. The second-order valence-electron chi connectivity index (χ2n) is 8.27. The maximum Gasteiger partial charge on any atom is 0.254 e. The van der Waals surface area contributed by atoms with E-state index in [2.05, 4.69) is 4.72 Å². The van der Waals surface area contributed by atoms with Crippen molar-refractivity contribution in [3.63, 3.8) is 0 Å². The van der Waals surface area contributed by atoms with E-state index in [0.29, 0.717) is 11.6 Å². The summed E-state index contributed by atoms with van der Waals surface area (Å²) in [7, 11) is -2.53. The Bertz CT molecular complexity index is 1660. The number of benzene rings is 3. The Kier molecular flexibility index (Phi) is 7.77. The summed E-state index contributed by atoms with van der Waals surface area (Å²) in [4.78, 5) is 12.3. The van der Waals surface area contributed by atoms with Gasteiger partial charge in [-0.05, 0) is 43.3 Å². The lowest BCUT2D eigenvalue weighted by atomic mass is 10.0. The van der Waals surface area contributed by atoms with Crippen LogP contribution in [-0.4, -0.2) is 19.6 Å². The third-order valence-electron chi connectivity index (χ3n) is 5.45. The molecule has 1 heterocycles. The Morgan fingerprint density at radius 2 is 1.61 bits per heavy atom. The number of hydrogen-bond donors (Lipinski definition) is 1. The van der Waals surface area contributed by atoms with E-state index in [0.717, 1.165) is 12.1 Å². The Labute approximate surface area is 217 Å². The van der Waals surface area contributed by atoms with Gasteiger partial charge in [0, 0.05) is 47.8 Å². The van der Waals surface area contributed by atoms with Crippen LogP contribution in [0.5, 0.6) is 17.2 Å². The van der Waals surface area contributed by atoms with Crippen LogP contribution in [0.4, 0.5) is 18.9 Å². The number of rotatable bonds is 9. The highest BCUT2D eigenvalue weighted by molar-refractivity contribution is 7.91. The molecule has 0 saturated heterocycles. The summed E-state index contributed by atoms with van der Waals surface area (Å²) < 4.78 is 82.5. The van der Waals surface area contributed by atoms with Crippen LogP contribution in [0, 0.1) is 17.5 Å². The fourth-order valence-electron chi connectivity index (χ4n) is 3.70. The van der Waals surface area contributed by atoms with Crippen LogP contribution in [0.25, 0.3) is 11.1 Å². The van der Waals surface area contributed by atoms with E-state index < -0.39 is 33.2 Å². The minimum absolute atomic E-state index is 0.0105. The second kappa shape index (κ2) is 11.0. The molecule has 0 aliphatic heterocycles. The lowest BCUT2D eigenvalue weighted by Crippen LogP contribution is -2.17. The summed E-state index contributed by atoms with van der Waals surface area (Å²) in [5.41, 5.74) is 0.328. The van der Waals surface area contributed by atoms with E-state index in [1.165, 1.54) is 66.3 Å². The maximum atomic E-state index is 14.4. The van der Waals surface area contributed by atoms with Crippen LogP contribution < -0.4 is 19.8 Å². The molecule has 1 N–H and O–H groups in total. The van der Waals surface area contributed by atoms with Gasteiger partial charge in [0.25, 0.3) is 5.56 Å². The van der Waals surface area contributed by atoms with Crippen molar-refractivity contribution in [2.75, 3.05) is 11.3 Å². The summed E-state index contributed by atoms with van der Waals surface area (Å²) in [6, 6.07) is 13.8. The van der Waals surface area contributed by atoms with E-state index in [1.54, 1.807) is 6.92 Å². The first-order chi connectivity index (χ1) is 18.1. The molecule has 0 aliphatic carbocycles. The normalized spacial score (nSPS) is 11.3. The molecular weight excluding hydrogens is 521 g/mol. The molecule has 11 heteroatoms. The quantitative estimate of drug-likeness (QED) is 0.296. The molecular formula is C27H23F3N2O5S. The number of ether oxygens (including phenoxy) is 2. The molecule has 7 nitrogen and oxygen atoms in total. The van der Waals surface area contributed by atoms with Gasteiger partial charge in [-0.1, -0.05) is 18.2 Å². The number of nitrogens with one attached hydrogen (secondary N) is 1. The average molecular weight is 545 g/mol. The van der Waals surface area contributed by atoms with Gasteiger partial charge in [0.1, 0.15) is 23.1 Å². The monoisotopic (exact) mass is 544 g/mol. The van der Waals surface area contributed by atoms with Crippen molar-refractivity contribution in [2.24, 2.45) is 7.05 Å². The molecule has 0 amide bonds. The number of aromatic nitrogens is 1. The summed E-state index contributed by atoms with van der Waals surface area (Å²) in [6.07, 6.45) is 1.47. The number of halogens is 3. The van der Waals surface area contributed by atoms with Gasteiger partial charge >= 0.3 is 0 Å². The molecule has 4 rings (SSSR count). The van der Waals surface area contributed by atoms with Crippen molar-refractivity contribution in [1.29, 1.82) is 0 Å². The van der Waals surface area contributed by atoms with Gasteiger partial charge in [-0.2, -0.15) is 0 Å². The van der Waals surface area contributed by atoms with Crippen LogP contribution in [0.15, 0.2) is 77.7 Å². The highest BCUT2D eigenvalue weighted by Gasteiger charge is 2.20. The zero-order chi connectivity index (χ0) is 27.4. The van der Waals surface area contributed by atoms with Gasteiger partial charge in [-0.15, -0.1) is 0 Å². The molecule has 0 bridgehead atoms. The largest absolute Gasteiger partial charge is 0.493 e. The van der Waals surface area contributed by atoms with E-state index >= 15 is 0 Å². The third-order valence-corrected chi connectivity index (χ3v) is 6.69. The van der Waals surface area contributed by atoms with Gasteiger partial charge in [-0.25, -0.2) is 21.6 Å². The number of hydrogen-bond acceptors (Lipinski definition) is 5. The molecule has 38 heavy (non-hydrogen) atoms. The smallest absolute Gasteiger partial charge is 0.254 e. The standard InChI is InChI=1S/C27H23F3N2O5S/c1-3-36-26-14-27(33)32(2)15-21(26)20-13-19(31-38(34,35)16-17-6-4-5-7-22(17)29)9-11-24(20)37-25-10-8-18(28)12-23(25)30/h4-15,31H,3,16H2,1-2H3. The van der Waals surface area contributed by atoms with Gasteiger partial charge < -0.3 is 14.0 Å². The van der Waals surface area contributed by atoms with Crippen molar-refractivity contribution in [2.45, 2.75) is 12.7 Å². The van der Waals surface area contributed by atoms with Crippen LogP contribution >= 0.6 is 0 Å². The van der Waals surface area contributed by atoms with Gasteiger partial charge in [0.05, 0.1) is 12.4 Å². The predicted molar refractivity (Wildman–Crippen MR) is 137 cm³/mol. The maximum absolute atomic E-state index is 14.4. The Morgan fingerprint density at radius 3 is 2.32 bits per heavy atom. The van der Waals surface area contributed by atoms with Gasteiger partial charge in [-0.3, -0.25) is 9.52 Å². The number of anilines is 1. The summed E-state index contributed by atoms with van der Waals surface area (Å²) in [6.45, 7) is 1.94. The number of aryl methyl sites for hydroxylation is 1. The Morgan fingerprint density at radius 1 is 0.868 bits per heavy atom. The zero-order valence-electron chi connectivity index (χ0n) is 20.4. The van der Waals surface area contributed by atoms with Crippen molar-refractivity contribution in [3.8, 4) is 28.4 Å². The lowest BCUT2D eigenvalue weighted by Gasteiger charge is -2.18. The van der Waals surface area contributed by atoms with E-state index in [9.17, 15) is 26.4 Å². The molecule has 0 atom stereocenters. The lowest BCUT2D eigenvalue weighted by molar-refractivity contribution is 0.340. The van der Waals surface area contributed by atoms with Crippen LogP contribution in [-0.2, 0) is 22.8 Å². The molecule has 0 unspecified atom stereocenters. The minimum atomic E-state index is -4.05. The predicted octanol–water partition coefficient (Wildman–Crippen LogP) is 5.60. The number of nitrogens with zero attached hydrogens (tertiary/aromatic N) is 1. The molecule has 4 aromatic rings. The topological polar surface area (TPSA) is 86.6 Å². The molecule has 0 saturated carbocycles.